The lowest BCUT2D eigenvalue weighted by molar-refractivity contribution is -0.116. The molecule has 0 radical (unpaired) electrons. The van der Waals surface area contributed by atoms with Crippen LogP contribution < -0.4 is 5.32 Å². The van der Waals surface area contributed by atoms with Gasteiger partial charge in [-0.1, -0.05) is 18.2 Å². The first-order valence-corrected chi connectivity index (χ1v) is 7.41. The first-order valence-electron chi connectivity index (χ1n) is 7.41. The van der Waals surface area contributed by atoms with Crippen LogP contribution in [0.15, 0.2) is 36.4 Å². The van der Waals surface area contributed by atoms with Gasteiger partial charge in [0.1, 0.15) is 12.4 Å². The second-order valence-electron chi connectivity index (χ2n) is 5.65. The average molecular weight is 326 g/mol. The smallest absolute Gasteiger partial charge is 0.265 e. The van der Waals surface area contributed by atoms with E-state index in [-0.39, 0.29) is 11.1 Å². The summed E-state index contributed by atoms with van der Waals surface area (Å²) in [5.74, 6) is -2.73. The Labute approximate surface area is 138 Å². The van der Waals surface area contributed by atoms with Crippen molar-refractivity contribution in [1.82, 2.24) is 4.90 Å². The molecule has 3 amide bonds. The van der Waals surface area contributed by atoms with Crippen LogP contribution in [0.3, 0.4) is 0 Å². The van der Waals surface area contributed by atoms with E-state index < -0.39 is 30.1 Å². The van der Waals surface area contributed by atoms with Gasteiger partial charge in [-0.3, -0.25) is 19.3 Å². The number of anilines is 1. The molecule has 0 saturated carbocycles. The van der Waals surface area contributed by atoms with E-state index in [2.05, 4.69) is 5.32 Å². The molecule has 0 bridgehead atoms. The van der Waals surface area contributed by atoms with Crippen molar-refractivity contribution < 1.29 is 18.8 Å². The number of imide groups is 1. The van der Waals surface area contributed by atoms with E-state index in [1.807, 2.05) is 19.9 Å². The molecular formula is C18H15FN2O3. The molecule has 0 atom stereocenters. The van der Waals surface area contributed by atoms with Crippen molar-refractivity contribution >= 4 is 23.4 Å². The molecular weight excluding hydrogens is 311 g/mol. The Morgan fingerprint density at radius 2 is 1.79 bits per heavy atom. The molecule has 5 nitrogen and oxygen atoms in total. The van der Waals surface area contributed by atoms with E-state index >= 15 is 0 Å². The maximum Gasteiger partial charge on any atom is 0.265 e. The third-order valence-corrected chi connectivity index (χ3v) is 4.13. The van der Waals surface area contributed by atoms with Gasteiger partial charge in [-0.05, 0) is 43.2 Å². The van der Waals surface area contributed by atoms with Crippen molar-refractivity contribution in [3.05, 3.63) is 64.5 Å². The summed E-state index contributed by atoms with van der Waals surface area (Å²) < 4.78 is 13.8. The summed E-state index contributed by atoms with van der Waals surface area (Å²) in [6, 6.07) is 9.31. The minimum atomic E-state index is -0.788. The Morgan fingerprint density at radius 1 is 1.08 bits per heavy atom. The standard InChI is InChI=1S/C18H15FN2O3/c1-10-5-3-8-14(11(10)2)20-15(22)9-21-17(23)12-6-4-7-13(19)16(12)18(21)24/h3-8H,9H2,1-2H3,(H,20,22). The van der Waals surface area contributed by atoms with Gasteiger partial charge in [0, 0.05) is 5.69 Å². The third-order valence-electron chi connectivity index (χ3n) is 4.13. The molecule has 0 saturated heterocycles. The number of nitrogens with zero attached hydrogens (tertiary/aromatic N) is 1. The zero-order valence-corrected chi connectivity index (χ0v) is 13.2. The number of carbonyl (C=O) groups excluding carboxylic acids is 3. The molecule has 2 aromatic rings. The SMILES string of the molecule is Cc1cccc(NC(=O)CN2C(=O)c3cccc(F)c3C2=O)c1C. The maximum absolute atomic E-state index is 13.8. The highest BCUT2D eigenvalue weighted by Gasteiger charge is 2.38. The number of halogens is 1. The Hall–Kier alpha value is -3.02. The third kappa shape index (κ3) is 2.56. The quantitative estimate of drug-likeness (QED) is 0.882. The van der Waals surface area contributed by atoms with Gasteiger partial charge >= 0.3 is 0 Å². The van der Waals surface area contributed by atoms with Crippen LogP contribution >= 0.6 is 0 Å². The highest BCUT2D eigenvalue weighted by Crippen LogP contribution is 2.25. The van der Waals surface area contributed by atoms with Gasteiger partial charge in [0.25, 0.3) is 11.8 Å². The minimum absolute atomic E-state index is 0.0143. The molecule has 0 aliphatic carbocycles. The fourth-order valence-corrected chi connectivity index (χ4v) is 2.66. The number of hydrogen-bond donors (Lipinski definition) is 1. The fraction of sp³-hybridized carbons (Fsp3) is 0.167. The lowest BCUT2D eigenvalue weighted by Crippen LogP contribution is -2.37. The summed E-state index contributed by atoms with van der Waals surface area (Å²) in [6.45, 7) is 3.32. The Morgan fingerprint density at radius 3 is 2.50 bits per heavy atom. The van der Waals surface area contributed by atoms with Crippen LogP contribution in [-0.4, -0.2) is 29.2 Å². The molecule has 1 aliphatic rings. The monoisotopic (exact) mass is 326 g/mol. The molecule has 0 fully saturated rings. The van der Waals surface area contributed by atoms with Gasteiger partial charge in [0.15, 0.2) is 0 Å². The highest BCUT2D eigenvalue weighted by atomic mass is 19.1. The predicted molar refractivity (Wildman–Crippen MR) is 86.3 cm³/mol. The highest BCUT2D eigenvalue weighted by molar-refractivity contribution is 6.22. The molecule has 0 spiro atoms. The maximum atomic E-state index is 13.8. The number of amides is 3. The van der Waals surface area contributed by atoms with Gasteiger partial charge in [0.05, 0.1) is 11.1 Å². The van der Waals surface area contributed by atoms with E-state index in [0.717, 1.165) is 22.1 Å². The number of fused-ring (bicyclic) bond motifs is 1. The molecule has 122 valence electrons. The van der Waals surface area contributed by atoms with Crippen LogP contribution in [0.25, 0.3) is 0 Å². The number of rotatable bonds is 3. The van der Waals surface area contributed by atoms with Crippen LogP contribution in [0.1, 0.15) is 31.8 Å². The van der Waals surface area contributed by atoms with Crippen molar-refractivity contribution in [2.24, 2.45) is 0 Å². The normalized spacial score (nSPS) is 13.2. The van der Waals surface area contributed by atoms with Crippen molar-refractivity contribution in [3.63, 3.8) is 0 Å². The molecule has 3 rings (SSSR count). The topological polar surface area (TPSA) is 66.5 Å². The number of nitrogens with one attached hydrogen (secondary N) is 1. The summed E-state index contributed by atoms with van der Waals surface area (Å²) >= 11 is 0. The second kappa shape index (κ2) is 5.88. The number of aryl methyl sites for hydroxylation is 1. The van der Waals surface area contributed by atoms with Gasteiger partial charge in [-0.2, -0.15) is 0 Å². The number of carbonyl (C=O) groups is 3. The van der Waals surface area contributed by atoms with Crippen molar-refractivity contribution in [3.8, 4) is 0 Å². The summed E-state index contributed by atoms with van der Waals surface area (Å²) in [5.41, 5.74) is 2.24. The van der Waals surface area contributed by atoms with E-state index in [0.29, 0.717) is 5.69 Å². The lowest BCUT2D eigenvalue weighted by Gasteiger charge is -2.15. The van der Waals surface area contributed by atoms with Crippen molar-refractivity contribution in [2.75, 3.05) is 11.9 Å². The first-order chi connectivity index (χ1) is 11.4. The number of hydrogen-bond acceptors (Lipinski definition) is 3. The molecule has 2 aromatic carbocycles. The Kier molecular flexibility index (Phi) is 3.89. The number of benzene rings is 2. The summed E-state index contributed by atoms with van der Waals surface area (Å²) in [6.07, 6.45) is 0. The van der Waals surface area contributed by atoms with Gasteiger partial charge in [-0.15, -0.1) is 0 Å². The van der Waals surface area contributed by atoms with E-state index in [9.17, 15) is 18.8 Å². The van der Waals surface area contributed by atoms with Crippen LogP contribution in [0.2, 0.25) is 0 Å². The van der Waals surface area contributed by atoms with E-state index in [1.165, 1.54) is 12.1 Å². The zero-order chi connectivity index (χ0) is 17.4. The van der Waals surface area contributed by atoms with Gasteiger partial charge < -0.3 is 5.32 Å². The second-order valence-corrected chi connectivity index (χ2v) is 5.65. The largest absolute Gasteiger partial charge is 0.324 e. The molecule has 0 aromatic heterocycles. The molecule has 24 heavy (non-hydrogen) atoms. The molecule has 0 unspecified atom stereocenters. The van der Waals surface area contributed by atoms with Gasteiger partial charge in [-0.25, -0.2) is 4.39 Å². The summed E-state index contributed by atoms with van der Waals surface area (Å²) in [5, 5.41) is 2.68. The van der Waals surface area contributed by atoms with E-state index in [1.54, 1.807) is 12.1 Å². The minimum Gasteiger partial charge on any atom is -0.324 e. The molecule has 1 heterocycles. The van der Waals surface area contributed by atoms with Crippen LogP contribution in [-0.2, 0) is 4.79 Å². The zero-order valence-electron chi connectivity index (χ0n) is 13.2. The van der Waals surface area contributed by atoms with Crippen LogP contribution in [0, 0.1) is 19.7 Å². The van der Waals surface area contributed by atoms with Crippen LogP contribution in [0.4, 0.5) is 10.1 Å². The fourth-order valence-electron chi connectivity index (χ4n) is 2.66. The summed E-state index contributed by atoms with van der Waals surface area (Å²) in [7, 11) is 0. The predicted octanol–water partition coefficient (Wildman–Crippen LogP) is 2.68. The molecule has 1 aliphatic heterocycles. The van der Waals surface area contributed by atoms with Gasteiger partial charge in [0.2, 0.25) is 5.91 Å². The van der Waals surface area contributed by atoms with E-state index in [4.69, 9.17) is 0 Å². The first kappa shape index (κ1) is 15.9. The lowest BCUT2D eigenvalue weighted by atomic mass is 10.1. The van der Waals surface area contributed by atoms with Crippen LogP contribution in [0.5, 0.6) is 0 Å². The Balaban J connectivity index is 1.79. The molecule has 6 heteroatoms. The van der Waals surface area contributed by atoms with Crippen molar-refractivity contribution in [1.29, 1.82) is 0 Å². The summed E-state index contributed by atoms with van der Waals surface area (Å²) in [4.78, 5) is 37.4. The van der Waals surface area contributed by atoms with Crippen molar-refractivity contribution in [2.45, 2.75) is 13.8 Å². The Bertz CT molecular complexity index is 877. The average Bonchev–Trinajstić information content (AvgIpc) is 2.78. The molecule has 1 N–H and O–H groups in total.